The van der Waals surface area contributed by atoms with Crippen LogP contribution in [0.25, 0.3) is 0 Å². The van der Waals surface area contributed by atoms with Gasteiger partial charge < -0.3 is 9.84 Å². The Morgan fingerprint density at radius 2 is 2.05 bits per heavy atom. The fourth-order valence-electron chi connectivity index (χ4n) is 1.88. The van der Waals surface area contributed by atoms with E-state index in [0.717, 1.165) is 5.56 Å². The molecule has 0 bridgehead atoms. The highest BCUT2D eigenvalue weighted by Crippen LogP contribution is 2.28. The lowest BCUT2D eigenvalue weighted by Gasteiger charge is -2.13. The van der Waals surface area contributed by atoms with Crippen LogP contribution >= 0.6 is 15.9 Å². The molecule has 1 atom stereocenters. The molecule has 6 heteroatoms. The summed E-state index contributed by atoms with van der Waals surface area (Å²) in [6, 6.07) is 11.8. The molecular weight excluding hydrogens is 338 g/mol. The molecule has 0 spiro atoms. The van der Waals surface area contributed by atoms with E-state index in [1.807, 2.05) is 12.1 Å². The van der Waals surface area contributed by atoms with Crippen LogP contribution in [0.3, 0.4) is 0 Å². The van der Waals surface area contributed by atoms with Gasteiger partial charge in [-0.3, -0.25) is 10.1 Å². The maximum atomic E-state index is 10.7. The van der Waals surface area contributed by atoms with Crippen molar-refractivity contribution in [2.24, 2.45) is 0 Å². The number of rotatable bonds is 5. The number of nitrogens with zero attached hydrogens (tertiary/aromatic N) is 1. The molecule has 0 aliphatic rings. The molecule has 2 aromatic rings. The fraction of sp³-hybridized carbons (Fsp3) is 0.200. The SMILES string of the molecule is C[C@@H](O)c1ccccc1OCc1ccc([N+](=O)[O-])cc1Br. The third kappa shape index (κ3) is 3.80. The third-order valence-corrected chi connectivity index (χ3v) is 3.74. The highest BCUT2D eigenvalue weighted by molar-refractivity contribution is 9.10. The summed E-state index contributed by atoms with van der Waals surface area (Å²) < 4.78 is 6.32. The summed E-state index contributed by atoms with van der Waals surface area (Å²) in [6.07, 6.45) is -0.624. The number of hydrogen-bond acceptors (Lipinski definition) is 4. The maximum Gasteiger partial charge on any atom is 0.270 e. The molecule has 2 rings (SSSR count). The molecular formula is C15H14BrNO4. The topological polar surface area (TPSA) is 72.6 Å². The minimum absolute atomic E-state index is 0.0232. The molecule has 0 aliphatic heterocycles. The summed E-state index contributed by atoms with van der Waals surface area (Å²) >= 11 is 3.30. The first-order valence-corrected chi connectivity index (χ1v) is 7.11. The average Bonchev–Trinajstić information content (AvgIpc) is 2.46. The van der Waals surface area contributed by atoms with Crippen molar-refractivity contribution in [2.45, 2.75) is 19.6 Å². The van der Waals surface area contributed by atoms with Gasteiger partial charge in [0.25, 0.3) is 5.69 Å². The van der Waals surface area contributed by atoms with Crippen molar-refractivity contribution >= 4 is 21.6 Å². The van der Waals surface area contributed by atoms with Gasteiger partial charge in [-0.05, 0) is 19.1 Å². The molecule has 0 amide bonds. The van der Waals surface area contributed by atoms with Crippen LogP contribution < -0.4 is 4.74 Å². The van der Waals surface area contributed by atoms with Crippen molar-refractivity contribution < 1.29 is 14.8 Å². The molecule has 0 unspecified atom stereocenters. The second-order valence-electron chi connectivity index (χ2n) is 4.54. The van der Waals surface area contributed by atoms with Gasteiger partial charge in [0.15, 0.2) is 0 Å². The smallest absolute Gasteiger partial charge is 0.270 e. The van der Waals surface area contributed by atoms with Crippen molar-refractivity contribution in [3.05, 3.63) is 68.2 Å². The number of aliphatic hydroxyl groups is 1. The van der Waals surface area contributed by atoms with Gasteiger partial charge in [-0.25, -0.2) is 0 Å². The number of aliphatic hydroxyl groups excluding tert-OH is 1. The normalized spacial score (nSPS) is 12.0. The first kappa shape index (κ1) is 15.5. The van der Waals surface area contributed by atoms with Crippen LogP contribution in [-0.4, -0.2) is 10.0 Å². The number of benzene rings is 2. The Hall–Kier alpha value is -1.92. The minimum Gasteiger partial charge on any atom is -0.488 e. The maximum absolute atomic E-state index is 10.7. The summed E-state index contributed by atoms with van der Waals surface area (Å²) in [5, 5.41) is 20.4. The van der Waals surface area contributed by atoms with Crippen molar-refractivity contribution in [2.75, 3.05) is 0 Å². The Kier molecular flexibility index (Phi) is 4.93. The number of hydrogen-bond donors (Lipinski definition) is 1. The lowest BCUT2D eigenvalue weighted by molar-refractivity contribution is -0.384. The van der Waals surface area contributed by atoms with Gasteiger partial charge in [0.2, 0.25) is 0 Å². The molecule has 21 heavy (non-hydrogen) atoms. The first-order chi connectivity index (χ1) is 9.99. The van der Waals surface area contributed by atoms with E-state index in [2.05, 4.69) is 15.9 Å². The number of nitro benzene ring substituents is 1. The third-order valence-electron chi connectivity index (χ3n) is 3.00. The lowest BCUT2D eigenvalue weighted by Crippen LogP contribution is -2.01. The molecule has 0 heterocycles. The molecule has 0 saturated carbocycles. The van der Waals surface area contributed by atoms with Gasteiger partial charge in [-0.1, -0.05) is 34.1 Å². The van der Waals surface area contributed by atoms with Gasteiger partial charge in [0.05, 0.1) is 11.0 Å². The summed E-state index contributed by atoms with van der Waals surface area (Å²) in [5.41, 5.74) is 1.52. The zero-order valence-corrected chi connectivity index (χ0v) is 12.9. The van der Waals surface area contributed by atoms with Gasteiger partial charge in [0.1, 0.15) is 12.4 Å². The van der Waals surface area contributed by atoms with E-state index in [9.17, 15) is 15.2 Å². The Balaban J connectivity index is 2.15. The monoisotopic (exact) mass is 351 g/mol. The first-order valence-electron chi connectivity index (χ1n) is 6.31. The zero-order valence-electron chi connectivity index (χ0n) is 11.3. The van der Waals surface area contributed by atoms with Crippen LogP contribution in [0, 0.1) is 10.1 Å². The molecule has 5 nitrogen and oxygen atoms in total. The second-order valence-corrected chi connectivity index (χ2v) is 5.39. The van der Waals surface area contributed by atoms with Crippen LogP contribution in [0.15, 0.2) is 46.9 Å². The van der Waals surface area contributed by atoms with Gasteiger partial charge in [-0.15, -0.1) is 0 Å². The number of ether oxygens (including phenoxy) is 1. The number of nitro groups is 1. The quantitative estimate of drug-likeness (QED) is 0.652. The highest BCUT2D eigenvalue weighted by Gasteiger charge is 2.11. The summed E-state index contributed by atoms with van der Waals surface area (Å²) in [4.78, 5) is 10.2. The van der Waals surface area contributed by atoms with E-state index in [-0.39, 0.29) is 12.3 Å². The van der Waals surface area contributed by atoms with E-state index in [0.29, 0.717) is 15.8 Å². The molecule has 110 valence electrons. The largest absolute Gasteiger partial charge is 0.488 e. The predicted molar refractivity (Wildman–Crippen MR) is 82.2 cm³/mol. The standard InChI is InChI=1S/C15H14BrNO4/c1-10(18)13-4-2-3-5-15(13)21-9-11-6-7-12(17(19)20)8-14(11)16/h2-8,10,18H,9H2,1H3/t10-/m1/s1. The summed E-state index contributed by atoms with van der Waals surface area (Å²) in [7, 11) is 0. The van der Waals surface area contributed by atoms with E-state index in [1.165, 1.54) is 12.1 Å². The van der Waals surface area contributed by atoms with E-state index < -0.39 is 11.0 Å². The van der Waals surface area contributed by atoms with E-state index in [1.54, 1.807) is 25.1 Å². The molecule has 2 aromatic carbocycles. The van der Waals surface area contributed by atoms with Crippen molar-refractivity contribution in [3.63, 3.8) is 0 Å². The Morgan fingerprint density at radius 3 is 2.67 bits per heavy atom. The summed E-state index contributed by atoms with van der Waals surface area (Å²) in [6.45, 7) is 1.92. The van der Waals surface area contributed by atoms with Crippen LogP contribution in [0.2, 0.25) is 0 Å². The van der Waals surface area contributed by atoms with Crippen LogP contribution in [-0.2, 0) is 6.61 Å². The van der Waals surface area contributed by atoms with Crippen molar-refractivity contribution in [3.8, 4) is 5.75 Å². The van der Waals surface area contributed by atoms with E-state index in [4.69, 9.17) is 4.74 Å². The Morgan fingerprint density at radius 1 is 1.33 bits per heavy atom. The van der Waals surface area contributed by atoms with Crippen molar-refractivity contribution in [1.29, 1.82) is 0 Å². The molecule has 0 aromatic heterocycles. The molecule has 0 aliphatic carbocycles. The summed E-state index contributed by atoms with van der Waals surface area (Å²) in [5.74, 6) is 0.595. The average molecular weight is 352 g/mol. The highest BCUT2D eigenvalue weighted by atomic mass is 79.9. The number of halogens is 1. The van der Waals surface area contributed by atoms with Gasteiger partial charge in [0, 0.05) is 27.7 Å². The van der Waals surface area contributed by atoms with Crippen LogP contribution in [0.4, 0.5) is 5.69 Å². The number of non-ortho nitro benzene ring substituents is 1. The minimum atomic E-state index is -0.624. The molecule has 0 saturated heterocycles. The second kappa shape index (κ2) is 6.69. The number of para-hydroxylation sites is 1. The zero-order chi connectivity index (χ0) is 15.4. The van der Waals surface area contributed by atoms with Gasteiger partial charge in [-0.2, -0.15) is 0 Å². The Bertz CT molecular complexity index is 658. The molecule has 0 radical (unpaired) electrons. The Labute approximate surface area is 130 Å². The van der Waals surface area contributed by atoms with Crippen LogP contribution in [0.5, 0.6) is 5.75 Å². The predicted octanol–water partition coefficient (Wildman–Crippen LogP) is 3.99. The molecule has 1 N–H and O–H groups in total. The van der Waals surface area contributed by atoms with Crippen LogP contribution in [0.1, 0.15) is 24.2 Å². The van der Waals surface area contributed by atoms with E-state index >= 15 is 0 Å². The van der Waals surface area contributed by atoms with Gasteiger partial charge >= 0.3 is 0 Å². The van der Waals surface area contributed by atoms with Crippen molar-refractivity contribution in [1.82, 2.24) is 0 Å². The lowest BCUT2D eigenvalue weighted by atomic mass is 10.1. The molecule has 0 fully saturated rings. The fourth-order valence-corrected chi connectivity index (χ4v) is 2.36.